The van der Waals surface area contributed by atoms with E-state index in [0.717, 1.165) is 22.3 Å². The van der Waals surface area contributed by atoms with Crippen molar-refractivity contribution < 1.29 is 29.0 Å². The highest BCUT2D eigenvalue weighted by Crippen LogP contribution is 2.44. The maximum absolute atomic E-state index is 12.6. The van der Waals surface area contributed by atoms with Crippen molar-refractivity contribution in [3.8, 4) is 11.1 Å². The minimum absolute atomic E-state index is 0.0319. The number of nitrogens with one attached hydrogen (secondary N) is 2. The van der Waals surface area contributed by atoms with E-state index in [1.54, 1.807) is 13.8 Å². The largest absolute Gasteiger partial charge is 0.481 e. The van der Waals surface area contributed by atoms with Gasteiger partial charge in [0, 0.05) is 19.0 Å². The number of benzene rings is 2. The fraction of sp³-hybridized carbons (Fsp3) is 0.423. The number of aliphatic carboxylic acids is 1. The second-order valence-electron chi connectivity index (χ2n) is 9.50. The summed E-state index contributed by atoms with van der Waals surface area (Å²) in [7, 11) is 0. The zero-order valence-corrected chi connectivity index (χ0v) is 19.4. The Morgan fingerprint density at radius 1 is 1.03 bits per heavy atom. The summed E-state index contributed by atoms with van der Waals surface area (Å²) in [6.45, 7) is 4.14. The lowest BCUT2D eigenvalue weighted by Gasteiger charge is -2.25. The number of carbonyl (C=O) groups is 3. The highest BCUT2D eigenvalue weighted by atomic mass is 16.5. The molecule has 2 aliphatic rings. The minimum atomic E-state index is -0.888. The summed E-state index contributed by atoms with van der Waals surface area (Å²) in [5.41, 5.74) is 3.71. The molecular formula is C26H30N2O6. The zero-order valence-electron chi connectivity index (χ0n) is 19.4. The fourth-order valence-electron chi connectivity index (χ4n) is 4.49. The van der Waals surface area contributed by atoms with E-state index in [9.17, 15) is 14.4 Å². The second kappa shape index (κ2) is 9.85. The SMILES string of the molecule is CC(C)(CNC(=O)OCC1c2ccccc2-c2ccccc21)C(=O)NC[C@@H]1C[C@H](C(=O)O)CO1. The molecule has 0 radical (unpaired) electrons. The number of alkyl carbamates (subject to hydrolysis) is 1. The molecule has 34 heavy (non-hydrogen) atoms. The van der Waals surface area contributed by atoms with Crippen LogP contribution in [0.4, 0.5) is 4.79 Å². The molecule has 0 bridgehead atoms. The Morgan fingerprint density at radius 2 is 1.65 bits per heavy atom. The van der Waals surface area contributed by atoms with Gasteiger partial charge < -0.3 is 25.2 Å². The fourth-order valence-corrected chi connectivity index (χ4v) is 4.49. The van der Waals surface area contributed by atoms with E-state index in [4.69, 9.17) is 14.6 Å². The third-order valence-corrected chi connectivity index (χ3v) is 6.55. The van der Waals surface area contributed by atoms with Crippen molar-refractivity contribution >= 4 is 18.0 Å². The van der Waals surface area contributed by atoms with E-state index < -0.39 is 23.4 Å². The average Bonchev–Trinajstić information content (AvgIpc) is 3.43. The smallest absolute Gasteiger partial charge is 0.407 e. The van der Waals surface area contributed by atoms with Gasteiger partial charge in [-0.1, -0.05) is 48.5 Å². The predicted octanol–water partition coefficient (Wildman–Crippen LogP) is 3.16. The van der Waals surface area contributed by atoms with Crippen LogP contribution in [0.5, 0.6) is 0 Å². The highest BCUT2D eigenvalue weighted by molar-refractivity contribution is 5.83. The number of carboxylic acids is 1. The number of carboxylic acid groups (broad SMARTS) is 1. The van der Waals surface area contributed by atoms with Crippen molar-refractivity contribution in [2.75, 3.05) is 26.3 Å². The lowest BCUT2D eigenvalue weighted by atomic mass is 9.92. The molecular weight excluding hydrogens is 436 g/mol. The van der Waals surface area contributed by atoms with Crippen LogP contribution in [0.3, 0.4) is 0 Å². The van der Waals surface area contributed by atoms with E-state index in [-0.39, 0.29) is 44.2 Å². The zero-order chi connectivity index (χ0) is 24.3. The molecule has 1 fully saturated rings. The molecule has 8 heteroatoms. The lowest BCUT2D eigenvalue weighted by Crippen LogP contribution is -2.46. The molecule has 1 aliphatic heterocycles. The van der Waals surface area contributed by atoms with Crippen molar-refractivity contribution in [2.45, 2.75) is 32.3 Å². The number of hydrogen-bond donors (Lipinski definition) is 3. The first-order valence-corrected chi connectivity index (χ1v) is 11.5. The summed E-state index contributed by atoms with van der Waals surface area (Å²) in [5.74, 6) is -1.71. The van der Waals surface area contributed by atoms with Crippen LogP contribution in [0.1, 0.15) is 37.3 Å². The summed E-state index contributed by atoms with van der Waals surface area (Å²) in [6, 6.07) is 16.2. The van der Waals surface area contributed by atoms with E-state index in [1.807, 2.05) is 24.3 Å². The van der Waals surface area contributed by atoms with Gasteiger partial charge in [0.1, 0.15) is 6.61 Å². The summed E-state index contributed by atoms with van der Waals surface area (Å²) < 4.78 is 11.0. The maximum atomic E-state index is 12.6. The van der Waals surface area contributed by atoms with Crippen molar-refractivity contribution in [2.24, 2.45) is 11.3 Å². The summed E-state index contributed by atoms with van der Waals surface area (Å²) >= 11 is 0. The topological polar surface area (TPSA) is 114 Å². The number of fused-ring (bicyclic) bond motifs is 3. The average molecular weight is 467 g/mol. The van der Waals surface area contributed by atoms with Gasteiger partial charge in [-0.05, 0) is 42.5 Å². The van der Waals surface area contributed by atoms with E-state index in [1.165, 1.54) is 0 Å². The van der Waals surface area contributed by atoms with Gasteiger partial charge in [-0.15, -0.1) is 0 Å². The molecule has 1 saturated heterocycles. The molecule has 1 aliphatic carbocycles. The third kappa shape index (κ3) is 5.07. The lowest BCUT2D eigenvalue weighted by molar-refractivity contribution is -0.141. The molecule has 2 amide bonds. The quantitative estimate of drug-likeness (QED) is 0.551. The van der Waals surface area contributed by atoms with Crippen molar-refractivity contribution in [3.05, 3.63) is 59.7 Å². The number of amides is 2. The van der Waals surface area contributed by atoms with Gasteiger partial charge in [0.25, 0.3) is 0 Å². The summed E-state index contributed by atoms with van der Waals surface area (Å²) in [4.78, 5) is 36.1. The number of carbonyl (C=O) groups excluding carboxylic acids is 2. The van der Waals surface area contributed by atoms with Gasteiger partial charge in [0.15, 0.2) is 0 Å². The standard InChI is InChI=1S/C26H30N2O6/c1-26(2,24(31)27-12-17-11-16(13-33-17)23(29)30)15-28-25(32)34-14-22-20-9-5-3-7-18(20)19-8-4-6-10-21(19)22/h3-10,16-17,22H,11-15H2,1-2H3,(H,27,31)(H,28,32)(H,29,30)/t16-,17-/m0/s1. The Labute approximate surface area is 198 Å². The molecule has 0 unspecified atom stereocenters. The molecule has 8 nitrogen and oxygen atoms in total. The van der Waals surface area contributed by atoms with Crippen LogP contribution in [0.25, 0.3) is 11.1 Å². The summed E-state index contributed by atoms with van der Waals surface area (Å²) in [5, 5.41) is 14.5. The molecule has 3 N–H and O–H groups in total. The van der Waals surface area contributed by atoms with Gasteiger partial charge in [-0.3, -0.25) is 9.59 Å². The molecule has 4 rings (SSSR count). The normalized spacial score (nSPS) is 19.2. The molecule has 180 valence electrons. The van der Waals surface area contributed by atoms with Gasteiger partial charge in [-0.25, -0.2) is 4.79 Å². The van der Waals surface area contributed by atoms with Crippen LogP contribution < -0.4 is 10.6 Å². The number of hydrogen-bond acceptors (Lipinski definition) is 5. The van der Waals surface area contributed by atoms with Crippen molar-refractivity contribution in [3.63, 3.8) is 0 Å². The number of ether oxygens (including phenoxy) is 2. The van der Waals surface area contributed by atoms with Crippen LogP contribution in [0, 0.1) is 11.3 Å². The van der Waals surface area contributed by atoms with E-state index in [0.29, 0.717) is 6.42 Å². The first kappa shape index (κ1) is 23.8. The van der Waals surface area contributed by atoms with Gasteiger partial charge in [0.05, 0.1) is 24.0 Å². The first-order chi connectivity index (χ1) is 16.3. The van der Waals surface area contributed by atoms with Crippen molar-refractivity contribution in [1.29, 1.82) is 0 Å². The van der Waals surface area contributed by atoms with Crippen LogP contribution in [-0.4, -0.2) is 55.5 Å². The van der Waals surface area contributed by atoms with Crippen LogP contribution in [0.15, 0.2) is 48.5 Å². The Bertz CT molecular complexity index is 1040. The Hall–Kier alpha value is -3.39. The number of rotatable bonds is 8. The minimum Gasteiger partial charge on any atom is -0.481 e. The third-order valence-electron chi connectivity index (χ3n) is 6.55. The van der Waals surface area contributed by atoms with E-state index >= 15 is 0 Å². The molecule has 2 atom stereocenters. The molecule has 0 aromatic heterocycles. The second-order valence-corrected chi connectivity index (χ2v) is 9.50. The Balaban J connectivity index is 1.25. The highest BCUT2D eigenvalue weighted by Gasteiger charge is 2.34. The van der Waals surface area contributed by atoms with Crippen LogP contribution >= 0.6 is 0 Å². The monoisotopic (exact) mass is 466 g/mol. The van der Waals surface area contributed by atoms with Gasteiger partial charge >= 0.3 is 12.1 Å². The Kier molecular flexibility index (Phi) is 6.88. The van der Waals surface area contributed by atoms with Gasteiger partial charge in [0.2, 0.25) is 5.91 Å². The van der Waals surface area contributed by atoms with Crippen LogP contribution in [-0.2, 0) is 19.1 Å². The summed E-state index contributed by atoms with van der Waals surface area (Å²) in [6.07, 6.45) is -0.532. The van der Waals surface area contributed by atoms with Crippen molar-refractivity contribution in [1.82, 2.24) is 10.6 Å². The first-order valence-electron chi connectivity index (χ1n) is 11.5. The maximum Gasteiger partial charge on any atom is 0.407 e. The Morgan fingerprint density at radius 3 is 2.24 bits per heavy atom. The molecule has 2 aromatic carbocycles. The molecule has 0 saturated carbocycles. The predicted molar refractivity (Wildman–Crippen MR) is 125 cm³/mol. The van der Waals surface area contributed by atoms with Crippen LogP contribution in [0.2, 0.25) is 0 Å². The van der Waals surface area contributed by atoms with Gasteiger partial charge in [-0.2, -0.15) is 0 Å². The van der Waals surface area contributed by atoms with E-state index in [2.05, 4.69) is 34.9 Å². The molecule has 0 spiro atoms. The molecule has 1 heterocycles. The molecule has 2 aromatic rings.